The van der Waals surface area contributed by atoms with Gasteiger partial charge >= 0.3 is 5.97 Å². The van der Waals surface area contributed by atoms with Crippen LogP contribution in [-0.4, -0.2) is 48.6 Å². The van der Waals surface area contributed by atoms with Crippen LogP contribution in [0.2, 0.25) is 0 Å². The van der Waals surface area contributed by atoms with Gasteiger partial charge < -0.3 is 14.5 Å². The zero-order valence-corrected chi connectivity index (χ0v) is 19.6. The molecule has 6 rings (SSSR count). The third-order valence-electron chi connectivity index (χ3n) is 8.57. The number of hydrogen-bond acceptors (Lipinski definition) is 3. The van der Waals surface area contributed by atoms with Crippen molar-refractivity contribution in [3.8, 4) is 0 Å². The fraction of sp³-hybridized carbons (Fsp3) is 0.571. The van der Waals surface area contributed by atoms with Gasteiger partial charge in [-0.05, 0) is 37.0 Å². The number of para-hydroxylation sites is 1. The minimum atomic E-state index is -0.443. The lowest BCUT2D eigenvalue weighted by molar-refractivity contribution is -0.939. The number of carbonyl (C=O) groups is 2. The second-order valence-electron chi connectivity index (χ2n) is 10.6. The van der Waals surface area contributed by atoms with Gasteiger partial charge in [0.2, 0.25) is 0 Å². The van der Waals surface area contributed by atoms with Crippen LogP contribution in [0.25, 0.3) is 0 Å². The molecule has 0 aromatic heterocycles. The van der Waals surface area contributed by atoms with E-state index in [1.165, 1.54) is 18.4 Å². The zero-order chi connectivity index (χ0) is 22.7. The van der Waals surface area contributed by atoms with Crippen molar-refractivity contribution in [2.24, 2.45) is 11.3 Å². The number of benzene rings is 1. The van der Waals surface area contributed by atoms with Crippen molar-refractivity contribution in [3.05, 3.63) is 54.1 Å². The molecule has 0 spiro atoms. The van der Waals surface area contributed by atoms with Crippen LogP contribution in [0.1, 0.15) is 57.8 Å². The summed E-state index contributed by atoms with van der Waals surface area (Å²) in [6.45, 7) is 3.23. The van der Waals surface area contributed by atoms with E-state index in [-0.39, 0.29) is 18.0 Å². The van der Waals surface area contributed by atoms with E-state index in [0.29, 0.717) is 12.5 Å². The number of anilines is 1. The molecule has 1 amide bonds. The summed E-state index contributed by atoms with van der Waals surface area (Å²) < 4.78 is 7.15. The van der Waals surface area contributed by atoms with E-state index >= 15 is 0 Å². The Hall–Kier alpha value is -2.40. The molecule has 1 aromatic carbocycles. The average Bonchev–Trinajstić information content (AvgIpc) is 3.25. The van der Waals surface area contributed by atoms with E-state index in [0.717, 1.165) is 74.8 Å². The number of quaternary nitrogens is 1. The number of esters is 1. The Morgan fingerprint density at radius 1 is 1.03 bits per heavy atom. The van der Waals surface area contributed by atoms with Gasteiger partial charge in [0.15, 0.2) is 12.6 Å². The molecule has 5 aliphatic rings. The van der Waals surface area contributed by atoms with Gasteiger partial charge in [-0.1, -0.05) is 62.1 Å². The molecule has 5 heteroatoms. The summed E-state index contributed by atoms with van der Waals surface area (Å²) in [5.74, 6) is 0.490. The lowest BCUT2D eigenvalue weighted by Gasteiger charge is -2.52. The topological polar surface area (TPSA) is 55.4 Å². The van der Waals surface area contributed by atoms with Gasteiger partial charge in [0, 0.05) is 24.4 Å². The maximum atomic E-state index is 13.8. The first-order chi connectivity index (χ1) is 16.1. The van der Waals surface area contributed by atoms with Crippen molar-refractivity contribution >= 4 is 17.6 Å². The minimum absolute atomic E-state index is 0.00462. The standard InChI is InChI=1S/C28H36N2O3/c31-26(29-24-12-4-3-5-13-24)21-30-18-14-22(15-19-30)25(20-30)33-27(32)28(23-10-6-7-11-23)16-8-1-2-9-17-28/h3-7,10,12-13,22,25H,1-2,8-9,11,14-21H2/p+1/t22?,25-,30?/m0/s1. The number of piperidine rings is 3. The van der Waals surface area contributed by atoms with Gasteiger partial charge in [-0.2, -0.15) is 0 Å². The molecule has 3 heterocycles. The summed E-state index contributed by atoms with van der Waals surface area (Å²) in [7, 11) is 0. The van der Waals surface area contributed by atoms with Gasteiger partial charge in [-0.15, -0.1) is 0 Å². The minimum Gasteiger partial charge on any atom is -0.455 e. The van der Waals surface area contributed by atoms with Crippen LogP contribution in [0.15, 0.2) is 54.1 Å². The highest BCUT2D eigenvalue weighted by Crippen LogP contribution is 2.46. The lowest BCUT2D eigenvalue weighted by atomic mass is 9.73. The molecule has 0 unspecified atom stereocenters. The van der Waals surface area contributed by atoms with Crippen molar-refractivity contribution in [1.82, 2.24) is 0 Å². The number of carbonyl (C=O) groups excluding carboxylic acids is 2. The summed E-state index contributed by atoms with van der Waals surface area (Å²) in [5, 5.41) is 3.05. The first kappa shape index (κ1) is 22.4. The molecule has 1 N–H and O–H groups in total. The highest BCUT2D eigenvalue weighted by atomic mass is 16.5. The van der Waals surface area contributed by atoms with Crippen molar-refractivity contribution < 1.29 is 18.8 Å². The molecule has 4 fully saturated rings. The lowest BCUT2D eigenvalue weighted by Crippen LogP contribution is -2.66. The molecular weight excluding hydrogens is 412 g/mol. The number of amides is 1. The summed E-state index contributed by atoms with van der Waals surface area (Å²) >= 11 is 0. The van der Waals surface area contributed by atoms with E-state index in [1.54, 1.807) is 0 Å². The Labute approximate surface area is 197 Å². The van der Waals surface area contributed by atoms with Crippen molar-refractivity contribution in [3.63, 3.8) is 0 Å². The van der Waals surface area contributed by atoms with Gasteiger partial charge in [0.1, 0.15) is 6.54 Å². The van der Waals surface area contributed by atoms with Gasteiger partial charge in [-0.3, -0.25) is 9.59 Å². The molecule has 0 radical (unpaired) electrons. The number of nitrogens with one attached hydrogen (secondary N) is 1. The SMILES string of the molecule is O=C(C[N+]12CCC(CC1)[C@@H](OC(=O)C1(C3=CC=CC3)CCCCCC1)C2)Nc1ccccc1. The smallest absolute Gasteiger partial charge is 0.316 e. The van der Waals surface area contributed by atoms with E-state index in [4.69, 9.17) is 4.74 Å². The van der Waals surface area contributed by atoms with Gasteiger partial charge in [0.05, 0.1) is 18.5 Å². The molecule has 1 saturated carbocycles. The number of nitrogens with zero attached hydrogens (tertiary/aromatic N) is 1. The van der Waals surface area contributed by atoms with Crippen LogP contribution in [0.5, 0.6) is 0 Å². The van der Waals surface area contributed by atoms with E-state index in [1.807, 2.05) is 30.3 Å². The van der Waals surface area contributed by atoms with Crippen LogP contribution in [0.3, 0.4) is 0 Å². The first-order valence-corrected chi connectivity index (χ1v) is 12.9. The monoisotopic (exact) mass is 449 g/mol. The number of rotatable bonds is 6. The molecule has 33 heavy (non-hydrogen) atoms. The number of fused-ring (bicyclic) bond motifs is 3. The molecule has 1 aromatic rings. The van der Waals surface area contributed by atoms with Crippen LogP contribution in [0, 0.1) is 11.3 Å². The quantitative estimate of drug-likeness (QED) is 0.378. The first-order valence-electron chi connectivity index (χ1n) is 12.9. The van der Waals surface area contributed by atoms with Crippen LogP contribution in [-0.2, 0) is 14.3 Å². The van der Waals surface area contributed by atoms with E-state index in [9.17, 15) is 9.59 Å². The molecule has 5 nitrogen and oxygen atoms in total. The Morgan fingerprint density at radius 2 is 1.76 bits per heavy atom. The van der Waals surface area contributed by atoms with E-state index in [2.05, 4.69) is 23.5 Å². The summed E-state index contributed by atoms with van der Waals surface area (Å²) in [6.07, 6.45) is 15.7. The van der Waals surface area contributed by atoms with Crippen molar-refractivity contribution in [2.45, 2.75) is 63.9 Å². The molecule has 176 valence electrons. The molecule has 2 aliphatic carbocycles. The largest absolute Gasteiger partial charge is 0.455 e. The van der Waals surface area contributed by atoms with Crippen molar-refractivity contribution in [1.29, 1.82) is 0 Å². The average molecular weight is 450 g/mol. The maximum Gasteiger partial charge on any atom is 0.316 e. The zero-order valence-electron chi connectivity index (χ0n) is 19.6. The number of hydrogen-bond donors (Lipinski definition) is 1. The molecule has 3 aliphatic heterocycles. The predicted octanol–water partition coefficient (Wildman–Crippen LogP) is 5.00. The highest BCUT2D eigenvalue weighted by Gasteiger charge is 2.51. The molecule has 3 saturated heterocycles. The molecule has 1 atom stereocenters. The van der Waals surface area contributed by atoms with Gasteiger partial charge in [-0.25, -0.2) is 0 Å². The highest BCUT2D eigenvalue weighted by molar-refractivity contribution is 5.91. The Balaban J connectivity index is 1.27. The fourth-order valence-corrected chi connectivity index (χ4v) is 6.64. The third-order valence-corrected chi connectivity index (χ3v) is 8.57. The summed E-state index contributed by atoms with van der Waals surface area (Å²) in [6, 6.07) is 9.66. The maximum absolute atomic E-state index is 13.8. The van der Waals surface area contributed by atoms with Crippen molar-refractivity contribution in [2.75, 3.05) is 31.5 Å². The third kappa shape index (κ3) is 4.65. The Morgan fingerprint density at radius 3 is 2.42 bits per heavy atom. The van der Waals surface area contributed by atoms with E-state index < -0.39 is 5.41 Å². The van der Waals surface area contributed by atoms with Gasteiger partial charge in [0.25, 0.3) is 5.91 Å². The molecule has 2 bridgehead atoms. The Bertz CT molecular complexity index is 920. The van der Waals surface area contributed by atoms with Crippen LogP contribution < -0.4 is 5.32 Å². The summed E-state index contributed by atoms with van der Waals surface area (Å²) in [5.41, 5.74) is 1.65. The number of ether oxygens (including phenoxy) is 1. The summed E-state index contributed by atoms with van der Waals surface area (Å²) in [4.78, 5) is 26.6. The second kappa shape index (κ2) is 9.46. The normalized spacial score (nSPS) is 30.4. The van der Waals surface area contributed by atoms with Crippen LogP contribution in [0.4, 0.5) is 5.69 Å². The molecular formula is C28H37N2O3+. The second-order valence-corrected chi connectivity index (χ2v) is 10.6. The number of allylic oxidation sites excluding steroid dienone is 3. The predicted molar refractivity (Wildman–Crippen MR) is 129 cm³/mol. The Kier molecular flexibility index (Phi) is 6.42. The van der Waals surface area contributed by atoms with Crippen LogP contribution >= 0.6 is 0 Å². The fourth-order valence-electron chi connectivity index (χ4n) is 6.64.